The molecule has 1 amide bonds. The van der Waals surface area contributed by atoms with Gasteiger partial charge in [-0.15, -0.1) is 11.3 Å². The zero-order valence-electron chi connectivity index (χ0n) is 14.6. The van der Waals surface area contributed by atoms with Crippen LogP contribution in [0.4, 0.5) is 4.39 Å². The van der Waals surface area contributed by atoms with Gasteiger partial charge in [-0.05, 0) is 29.8 Å². The molecule has 0 fully saturated rings. The van der Waals surface area contributed by atoms with Gasteiger partial charge < -0.3 is 10.4 Å². The minimum Gasteiger partial charge on any atom is -0.480 e. The fraction of sp³-hybridized carbons (Fsp3) is 0.150. The molecule has 0 saturated heterocycles. The number of carbonyl (C=O) groups is 2. The van der Waals surface area contributed by atoms with Crippen LogP contribution in [0, 0.1) is 5.82 Å². The van der Waals surface area contributed by atoms with Gasteiger partial charge in [-0.2, -0.15) is 0 Å². The van der Waals surface area contributed by atoms with Crippen LogP contribution in [0.3, 0.4) is 0 Å². The Kier molecular flexibility index (Phi) is 6.38. The van der Waals surface area contributed by atoms with Crippen LogP contribution in [0.25, 0.3) is 10.6 Å². The van der Waals surface area contributed by atoms with Gasteiger partial charge in [0.05, 0.1) is 12.1 Å². The summed E-state index contributed by atoms with van der Waals surface area (Å²) in [6.07, 6.45) is 0.0243. The first-order chi connectivity index (χ1) is 13.4. The van der Waals surface area contributed by atoms with Crippen molar-refractivity contribution in [1.29, 1.82) is 0 Å². The Balaban J connectivity index is 1.63. The number of aliphatic carboxylic acids is 1. The molecule has 28 heavy (non-hydrogen) atoms. The summed E-state index contributed by atoms with van der Waals surface area (Å²) >= 11 is 7.37. The molecule has 1 aromatic heterocycles. The minimum absolute atomic E-state index is 0.0374. The molecule has 3 rings (SSSR count). The SMILES string of the molecule is O=C(Cc1csc(-c2cccc(Cl)c2)n1)NC(Cc1ccc(F)cc1)C(=O)O. The Bertz CT molecular complexity index is 991. The lowest BCUT2D eigenvalue weighted by molar-refractivity contribution is -0.141. The van der Waals surface area contributed by atoms with Crippen molar-refractivity contribution in [3.05, 3.63) is 76.0 Å². The van der Waals surface area contributed by atoms with E-state index in [2.05, 4.69) is 10.3 Å². The van der Waals surface area contributed by atoms with Crippen LogP contribution in [0.1, 0.15) is 11.3 Å². The summed E-state index contributed by atoms with van der Waals surface area (Å²) in [4.78, 5) is 28.2. The highest BCUT2D eigenvalue weighted by molar-refractivity contribution is 7.13. The Morgan fingerprint density at radius 1 is 1.21 bits per heavy atom. The van der Waals surface area contributed by atoms with E-state index in [4.69, 9.17) is 11.6 Å². The maximum absolute atomic E-state index is 13.0. The number of carboxylic acid groups (broad SMARTS) is 1. The summed E-state index contributed by atoms with van der Waals surface area (Å²) in [5.74, 6) is -2.01. The predicted octanol–water partition coefficient (Wildman–Crippen LogP) is 3.96. The highest BCUT2D eigenvalue weighted by atomic mass is 35.5. The van der Waals surface area contributed by atoms with Crippen LogP contribution in [0.2, 0.25) is 5.02 Å². The van der Waals surface area contributed by atoms with Gasteiger partial charge in [0, 0.05) is 22.4 Å². The highest BCUT2D eigenvalue weighted by Gasteiger charge is 2.21. The van der Waals surface area contributed by atoms with Crippen molar-refractivity contribution in [2.75, 3.05) is 0 Å². The first-order valence-electron chi connectivity index (χ1n) is 8.37. The van der Waals surface area contributed by atoms with E-state index in [0.717, 1.165) is 10.6 Å². The maximum Gasteiger partial charge on any atom is 0.326 e. The molecule has 2 N–H and O–H groups in total. The van der Waals surface area contributed by atoms with E-state index in [9.17, 15) is 19.1 Å². The van der Waals surface area contributed by atoms with Crippen molar-refractivity contribution in [2.24, 2.45) is 0 Å². The largest absolute Gasteiger partial charge is 0.480 e. The standard InChI is InChI=1S/C20H16ClFN2O3S/c21-14-3-1-2-13(9-14)19-23-16(11-28-19)10-18(25)24-17(20(26)27)8-12-4-6-15(22)7-5-12/h1-7,9,11,17H,8,10H2,(H,24,25)(H,26,27). The lowest BCUT2D eigenvalue weighted by Crippen LogP contribution is -2.43. The van der Waals surface area contributed by atoms with E-state index in [1.165, 1.54) is 35.6 Å². The molecule has 1 unspecified atom stereocenters. The molecule has 5 nitrogen and oxygen atoms in total. The van der Waals surface area contributed by atoms with Crippen LogP contribution in [0.5, 0.6) is 0 Å². The van der Waals surface area contributed by atoms with Crippen LogP contribution in [-0.2, 0) is 22.4 Å². The summed E-state index contributed by atoms with van der Waals surface area (Å²) in [5.41, 5.74) is 2.01. The molecule has 144 valence electrons. The number of benzene rings is 2. The minimum atomic E-state index is -1.16. The van der Waals surface area contributed by atoms with E-state index in [-0.39, 0.29) is 12.8 Å². The Morgan fingerprint density at radius 2 is 1.96 bits per heavy atom. The molecule has 0 radical (unpaired) electrons. The van der Waals surface area contributed by atoms with Gasteiger partial charge >= 0.3 is 5.97 Å². The third-order valence-electron chi connectivity index (χ3n) is 3.95. The summed E-state index contributed by atoms with van der Waals surface area (Å²) in [6, 6.07) is 11.6. The smallest absolute Gasteiger partial charge is 0.326 e. The van der Waals surface area contributed by atoms with Crippen molar-refractivity contribution in [2.45, 2.75) is 18.9 Å². The molecule has 0 bridgehead atoms. The van der Waals surface area contributed by atoms with Crippen molar-refractivity contribution < 1.29 is 19.1 Å². The third-order valence-corrected chi connectivity index (χ3v) is 5.13. The molecule has 0 saturated carbocycles. The maximum atomic E-state index is 13.0. The van der Waals surface area contributed by atoms with Crippen LogP contribution in [0.15, 0.2) is 53.9 Å². The first kappa shape index (κ1) is 20.0. The van der Waals surface area contributed by atoms with E-state index < -0.39 is 23.7 Å². The topological polar surface area (TPSA) is 79.3 Å². The van der Waals surface area contributed by atoms with E-state index >= 15 is 0 Å². The average Bonchev–Trinajstić information content (AvgIpc) is 3.11. The molecule has 3 aromatic rings. The first-order valence-corrected chi connectivity index (χ1v) is 9.63. The second kappa shape index (κ2) is 8.95. The average molecular weight is 419 g/mol. The third kappa shape index (κ3) is 5.37. The number of nitrogens with zero attached hydrogens (tertiary/aromatic N) is 1. The number of thiazole rings is 1. The number of carboxylic acids is 1. The Hall–Kier alpha value is -2.77. The van der Waals surface area contributed by atoms with Crippen LogP contribution >= 0.6 is 22.9 Å². The second-order valence-electron chi connectivity index (χ2n) is 6.12. The van der Waals surface area contributed by atoms with Gasteiger partial charge in [-0.25, -0.2) is 14.2 Å². The van der Waals surface area contributed by atoms with E-state index in [1.807, 2.05) is 12.1 Å². The number of aromatic nitrogens is 1. The van der Waals surface area contributed by atoms with Crippen molar-refractivity contribution >= 4 is 34.8 Å². The predicted molar refractivity (Wildman–Crippen MR) is 106 cm³/mol. The summed E-state index contributed by atoms with van der Waals surface area (Å²) in [5, 5.41) is 14.9. The van der Waals surface area contributed by atoms with Crippen LogP contribution < -0.4 is 5.32 Å². The molecule has 1 heterocycles. The fourth-order valence-electron chi connectivity index (χ4n) is 2.61. The molecule has 8 heteroatoms. The second-order valence-corrected chi connectivity index (χ2v) is 7.41. The fourth-order valence-corrected chi connectivity index (χ4v) is 3.62. The number of hydrogen-bond donors (Lipinski definition) is 2. The zero-order chi connectivity index (χ0) is 20.1. The monoisotopic (exact) mass is 418 g/mol. The lowest BCUT2D eigenvalue weighted by atomic mass is 10.1. The molecule has 0 aliphatic rings. The lowest BCUT2D eigenvalue weighted by Gasteiger charge is -2.14. The molecule has 0 aliphatic carbocycles. The van der Waals surface area contributed by atoms with Gasteiger partial charge in [0.25, 0.3) is 0 Å². The van der Waals surface area contributed by atoms with Gasteiger partial charge in [0.2, 0.25) is 5.91 Å². The summed E-state index contributed by atoms with van der Waals surface area (Å²) < 4.78 is 13.0. The quantitative estimate of drug-likeness (QED) is 0.608. The number of amides is 1. The number of hydrogen-bond acceptors (Lipinski definition) is 4. The Morgan fingerprint density at radius 3 is 2.64 bits per heavy atom. The Labute approximate surface area is 169 Å². The molecule has 0 aliphatic heterocycles. The van der Waals surface area contributed by atoms with Gasteiger partial charge in [0.1, 0.15) is 16.9 Å². The van der Waals surface area contributed by atoms with Gasteiger partial charge in [-0.1, -0.05) is 35.9 Å². The summed E-state index contributed by atoms with van der Waals surface area (Å²) in [7, 11) is 0. The normalized spacial score (nSPS) is 11.8. The number of halogens is 2. The molecular weight excluding hydrogens is 403 g/mol. The van der Waals surface area contributed by atoms with E-state index in [0.29, 0.717) is 16.3 Å². The molecule has 1 atom stereocenters. The van der Waals surface area contributed by atoms with E-state index in [1.54, 1.807) is 17.5 Å². The van der Waals surface area contributed by atoms with Gasteiger partial charge in [-0.3, -0.25) is 4.79 Å². The van der Waals surface area contributed by atoms with Crippen LogP contribution in [-0.4, -0.2) is 28.0 Å². The number of carbonyl (C=O) groups excluding carboxylic acids is 1. The highest BCUT2D eigenvalue weighted by Crippen LogP contribution is 2.26. The molecule has 2 aromatic carbocycles. The summed E-state index contributed by atoms with van der Waals surface area (Å²) in [6.45, 7) is 0. The zero-order valence-corrected chi connectivity index (χ0v) is 16.1. The van der Waals surface area contributed by atoms with Crippen molar-refractivity contribution in [1.82, 2.24) is 10.3 Å². The molecular formula is C20H16ClFN2O3S. The molecule has 0 spiro atoms. The van der Waals surface area contributed by atoms with Gasteiger partial charge in [0.15, 0.2) is 0 Å². The number of rotatable bonds is 7. The van der Waals surface area contributed by atoms with Crippen molar-refractivity contribution in [3.8, 4) is 10.6 Å². The van der Waals surface area contributed by atoms with Crippen molar-refractivity contribution in [3.63, 3.8) is 0 Å². The number of nitrogens with one attached hydrogen (secondary N) is 1.